The molecule has 0 fully saturated rings. The van der Waals surface area contributed by atoms with Gasteiger partial charge in [0.2, 0.25) is 11.7 Å². The van der Waals surface area contributed by atoms with Crippen LogP contribution in [0, 0.1) is 27.8 Å². The van der Waals surface area contributed by atoms with Gasteiger partial charge in [-0.2, -0.15) is 0 Å². The molecule has 0 radical (unpaired) electrons. The number of nitrogens with one attached hydrogen (secondary N) is 1. The molecule has 0 aromatic heterocycles. The molecular formula is C11H9FN2O4. The second-order valence-electron chi connectivity index (χ2n) is 3.29. The van der Waals surface area contributed by atoms with Gasteiger partial charge in [-0.1, -0.05) is 11.8 Å². The van der Waals surface area contributed by atoms with Crippen LogP contribution in [-0.4, -0.2) is 22.5 Å². The van der Waals surface area contributed by atoms with Gasteiger partial charge >= 0.3 is 5.69 Å². The van der Waals surface area contributed by atoms with Crippen molar-refractivity contribution in [2.24, 2.45) is 0 Å². The van der Waals surface area contributed by atoms with Crippen LogP contribution in [0.2, 0.25) is 0 Å². The van der Waals surface area contributed by atoms with Gasteiger partial charge < -0.3 is 10.4 Å². The number of halogens is 1. The molecule has 0 aliphatic carbocycles. The first kappa shape index (κ1) is 13.4. The van der Waals surface area contributed by atoms with E-state index in [0.717, 1.165) is 12.1 Å². The largest absolute Gasteiger partial charge is 0.500 e. The van der Waals surface area contributed by atoms with Gasteiger partial charge in [0, 0.05) is 18.6 Å². The van der Waals surface area contributed by atoms with E-state index in [1.165, 1.54) is 6.92 Å². The molecule has 0 saturated heterocycles. The number of phenolic OH excluding ortho intramolecular Hbond substituents is 1. The third kappa shape index (κ3) is 3.45. The Bertz CT molecular complexity index is 560. The van der Waals surface area contributed by atoms with Crippen molar-refractivity contribution >= 4 is 11.6 Å². The zero-order valence-corrected chi connectivity index (χ0v) is 9.36. The molecule has 1 aromatic rings. The SMILES string of the molecule is CC(=O)NCC#Cc1cc(F)c(O)c([N+](=O)[O-])c1. The maximum Gasteiger partial charge on any atom is 0.315 e. The molecule has 7 heteroatoms. The van der Waals surface area contributed by atoms with E-state index in [1.54, 1.807) is 0 Å². The first-order valence-corrected chi connectivity index (χ1v) is 4.82. The number of nitrogens with zero attached hydrogens (tertiary/aromatic N) is 1. The highest BCUT2D eigenvalue weighted by Crippen LogP contribution is 2.29. The molecule has 0 aliphatic heterocycles. The molecule has 1 aromatic carbocycles. The lowest BCUT2D eigenvalue weighted by Crippen LogP contribution is -2.19. The van der Waals surface area contributed by atoms with Gasteiger partial charge in [-0.25, -0.2) is 4.39 Å². The summed E-state index contributed by atoms with van der Waals surface area (Å²) < 4.78 is 13.1. The summed E-state index contributed by atoms with van der Waals surface area (Å²) >= 11 is 0. The number of rotatable bonds is 2. The molecule has 18 heavy (non-hydrogen) atoms. The van der Waals surface area contributed by atoms with Crippen molar-refractivity contribution in [3.63, 3.8) is 0 Å². The fourth-order valence-electron chi connectivity index (χ4n) is 1.11. The van der Waals surface area contributed by atoms with E-state index in [9.17, 15) is 19.3 Å². The molecule has 6 nitrogen and oxygen atoms in total. The Morgan fingerprint density at radius 2 is 2.28 bits per heavy atom. The number of carbonyl (C=O) groups is 1. The van der Waals surface area contributed by atoms with E-state index >= 15 is 0 Å². The summed E-state index contributed by atoms with van der Waals surface area (Å²) in [6.45, 7) is 1.36. The lowest BCUT2D eigenvalue weighted by molar-refractivity contribution is -0.386. The summed E-state index contributed by atoms with van der Waals surface area (Å²) in [5.74, 6) is 2.53. The third-order valence-corrected chi connectivity index (χ3v) is 1.90. The van der Waals surface area contributed by atoms with E-state index in [-0.39, 0.29) is 18.0 Å². The molecule has 1 amide bonds. The number of carbonyl (C=O) groups excluding carboxylic acids is 1. The summed E-state index contributed by atoms with van der Waals surface area (Å²) in [5, 5.41) is 22.0. The Kier molecular flexibility index (Phi) is 4.21. The number of amides is 1. The third-order valence-electron chi connectivity index (χ3n) is 1.90. The highest BCUT2D eigenvalue weighted by molar-refractivity contribution is 5.73. The van der Waals surface area contributed by atoms with E-state index in [2.05, 4.69) is 17.2 Å². The van der Waals surface area contributed by atoms with Gasteiger partial charge in [0.1, 0.15) is 0 Å². The van der Waals surface area contributed by atoms with E-state index in [0.29, 0.717) is 0 Å². The normalized spacial score (nSPS) is 9.22. The average Bonchev–Trinajstić information content (AvgIpc) is 2.28. The van der Waals surface area contributed by atoms with Crippen LogP contribution < -0.4 is 5.32 Å². The topological polar surface area (TPSA) is 92.5 Å². The summed E-state index contributed by atoms with van der Waals surface area (Å²) in [4.78, 5) is 20.1. The standard InChI is InChI=1S/C11H9FN2O4/c1-7(15)13-4-2-3-8-5-9(12)11(16)10(6-8)14(17)18/h5-6,16H,4H2,1H3,(H,13,15). The second kappa shape index (κ2) is 5.63. The van der Waals surface area contributed by atoms with Crippen LogP contribution in [0.5, 0.6) is 5.75 Å². The summed E-state index contributed by atoms with van der Waals surface area (Å²) in [6, 6.07) is 1.84. The smallest absolute Gasteiger partial charge is 0.315 e. The minimum atomic E-state index is -1.12. The monoisotopic (exact) mass is 252 g/mol. The number of nitro groups is 1. The molecule has 94 valence electrons. The van der Waals surface area contributed by atoms with Gasteiger partial charge in [0.15, 0.2) is 5.82 Å². The van der Waals surface area contributed by atoms with Gasteiger partial charge in [-0.15, -0.1) is 0 Å². The number of phenols is 1. The fourth-order valence-corrected chi connectivity index (χ4v) is 1.11. The van der Waals surface area contributed by atoms with Crippen molar-refractivity contribution in [3.05, 3.63) is 33.6 Å². The Labute approximate surface area is 102 Å². The number of nitro benzene ring substituents is 1. The molecule has 0 unspecified atom stereocenters. The fraction of sp³-hybridized carbons (Fsp3) is 0.182. The quantitative estimate of drug-likeness (QED) is 0.465. The second-order valence-corrected chi connectivity index (χ2v) is 3.29. The van der Waals surface area contributed by atoms with Gasteiger partial charge in [-0.3, -0.25) is 14.9 Å². The highest BCUT2D eigenvalue weighted by Gasteiger charge is 2.18. The molecule has 0 heterocycles. The summed E-state index contributed by atoms with van der Waals surface area (Å²) in [5.41, 5.74) is -0.707. The highest BCUT2D eigenvalue weighted by atomic mass is 19.1. The predicted molar refractivity (Wildman–Crippen MR) is 60.3 cm³/mol. The van der Waals surface area contributed by atoms with Gasteiger partial charge in [-0.05, 0) is 6.07 Å². The molecular weight excluding hydrogens is 243 g/mol. The van der Waals surface area contributed by atoms with Gasteiger partial charge in [0.05, 0.1) is 11.5 Å². The molecule has 2 N–H and O–H groups in total. The number of aromatic hydroxyl groups is 1. The zero-order valence-electron chi connectivity index (χ0n) is 9.36. The first-order valence-electron chi connectivity index (χ1n) is 4.82. The van der Waals surface area contributed by atoms with Crippen molar-refractivity contribution in [2.45, 2.75) is 6.92 Å². The van der Waals surface area contributed by atoms with Gasteiger partial charge in [0.25, 0.3) is 0 Å². The van der Waals surface area contributed by atoms with Crippen LogP contribution in [0.25, 0.3) is 0 Å². The van der Waals surface area contributed by atoms with E-state index in [1.807, 2.05) is 0 Å². The Balaban J connectivity index is 2.97. The molecule has 0 aliphatic rings. The van der Waals surface area contributed by atoms with Crippen molar-refractivity contribution in [3.8, 4) is 17.6 Å². The van der Waals surface area contributed by atoms with Crippen LogP contribution in [0.4, 0.5) is 10.1 Å². The predicted octanol–water partition coefficient (Wildman–Crippen LogP) is 0.927. The minimum absolute atomic E-state index is 0.0438. The van der Waals surface area contributed by atoms with Crippen LogP contribution in [0.15, 0.2) is 12.1 Å². The Morgan fingerprint density at radius 3 is 2.83 bits per heavy atom. The number of hydrogen-bond acceptors (Lipinski definition) is 4. The van der Waals surface area contributed by atoms with Crippen molar-refractivity contribution in [1.29, 1.82) is 0 Å². The van der Waals surface area contributed by atoms with E-state index < -0.39 is 22.2 Å². The maximum atomic E-state index is 13.1. The average molecular weight is 252 g/mol. The molecule has 1 rings (SSSR count). The number of benzene rings is 1. The summed E-state index contributed by atoms with van der Waals surface area (Å²) in [6.07, 6.45) is 0. The first-order chi connectivity index (χ1) is 8.41. The van der Waals surface area contributed by atoms with Crippen LogP contribution in [-0.2, 0) is 4.79 Å². The van der Waals surface area contributed by atoms with Crippen LogP contribution >= 0.6 is 0 Å². The maximum absolute atomic E-state index is 13.1. The van der Waals surface area contributed by atoms with Crippen molar-refractivity contribution in [2.75, 3.05) is 6.54 Å². The number of hydrogen-bond donors (Lipinski definition) is 2. The Hall–Kier alpha value is -2.62. The van der Waals surface area contributed by atoms with Crippen LogP contribution in [0.3, 0.4) is 0 Å². The molecule has 0 bridgehead atoms. The van der Waals surface area contributed by atoms with Crippen LogP contribution in [0.1, 0.15) is 12.5 Å². The lowest BCUT2D eigenvalue weighted by Gasteiger charge is -1.98. The molecule has 0 saturated carbocycles. The Morgan fingerprint density at radius 1 is 1.61 bits per heavy atom. The zero-order chi connectivity index (χ0) is 13.7. The molecule has 0 atom stereocenters. The summed E-state index contributed by atoms with van der Waals surface area (Å²) in [7, 11) is 0. The van der Waals surface area contributed by atoms with Crippen molar-refractivity contribution < 1.29 is 19.2 Å². The minimum Gasteiger partial charge on any atom is -0.500 e. The molecule has 0 spiro atoms. The van der Waals surface area contributed by atoms with Crippen molar-refractivity contribution in [1.82, 2.24) is 5.32 Å². The van der Waals surface area contributed by atoms with E-state index in [4.69, 9.17) is 5.11 Å². The lowest BCUT2D eigenvalue weighted by atomic mass is 10.2.